The van der Waals surface area contributed by atoms with Gasteiger partial charge in [-0.05, 0) is 44.0 Å². The molecule has 1 unspecified atom stereocenters. The third kappa shape index (κ3) is 3.08. The highest BCUT2D eigenvalue weighted by molar-refractivity contribution is 5.27. The summed E-state index contributed by atoms with van der Waals surface area (Å²) in [7, 11) is 2.02. The Labute approximate surface area is 105 Å². The first-order valence-electron chi connectivity index (χ1n) is 6.80. The predicted molar refractivity (Wildman–Crippen MR) is 72.9 cm³/mol. The topological polar surface area (TPSA) is 15.3 Å². The molecule has 0 radical (unpaired) electrons. The van der Waals surface area contributed by atoms with Crippen molar-refractivity contribution in [3.8, 4) is 0 Å². The van der Waals surface area contributed by atoms with E-state index in [0.29, 0.717) is 0 Å². The Balaban J connectivity index is 2.07. The second-order valence-electron chi connectivity index (χ2n) is 4.97. The minimum Gasteiger partial charge on any atom is -0.316 e. The predicted octanol–water partition coefficient (Wildman–Crippen LogP) is 2.78. The molecule has 1 saturated heterocycles. The van der Waals surface area contributed by atoms with Crippen molar-refractivity contribution < 1.29 is 0 Å². The Morgan fingerprint density at radius 3 is 2.76 bits per heavy atom. The summed E-state index contributed by atoms with van der Waals surface area (Å²) >= 11 is 0. The van der Waals surface area contributed by atoms with Gasteiger partial charge in [0.05, 0.1) is 0 Å². The Morgan fingerprint density at radius 2 is 2.06 bits per heavy atom. The molecule has 1 aromatic rings. The fourth-order valence-electron chi connectivity index (χ4n) is 2.86. The van der Waals surface area contributed by atoms with Crippen LogP contribution in [0.3, 0.4) is 0 Å². The van der Waals surface area contributed by atoms with E-state index in [1.807, 2.05) is 7.05 Å². The first-order valence-corrected chi connectivity index (χ1v) is 6.80. The lowest BCUT2D eigenvalue weighted by Gasteiger charge is -2.24. The lowest BCUT2D eigenvalue weighted by Crippen LogP contribution is -2.28. The molecule has 0 saturated carbocycles. The standard InChI is InChI=1S/C15H24N2/c1-3-15-9-6-10-17(15)12-14-8-5-4-7-13(14)11-16-2/h4-5,7-8,15-16H,3,6,9-12H2,1-2H3. The average molecular weight is 232 g/mol. The molecule has 2 nitrogen and oxygen atoms in total. The summed E-state index contributed by atoms with van der Waals surface area (Å²) in [6.45, 7) is 5.67. The fourth-order valence-corrected chi connectivity index (χ4v) is 2.86. The number of nitrogens with one attached hydrogen (secondary N) is 1. The lowest BCUT2D eigenvalue weighted by molar-refractivity contribution is 0.239. The molecule has 2 heteroatoms. The molecule has 0 bridgehead atoms. The number of likely N-dealkylation sites (tertiary alicyclic amines) is 1. The smallest absolute Gasteiger partial charge is 0.0239 e. The quantitative estimate of drug-likeness (QED) is 0.840. The molecule has 0 spiro atoms. The number of hydrogen-bond donors (Lipinski definition) is 1. The zero-order chi connectivity index (χ0) is 12.1. The molecule has 1 aliphatic rings. The van der Waals surface area contributed by atoms with Crippen molar-refractivity contribution in [1.82, 2.24) is 10.2 Å². The van der Waals surface area contributed by atoms with Gasteiger partial charge in [-0.1, -0.05) is 31.2 Å². The van der Waals surface area contributed by atoms with E-state index >= 15 is 0 Å². The second kappa shape index (κ2) is 6.18. The maximum Gasteiger partial charge on any atom is 0.0239 e. The van der Waals surface area contributed by atoms with Gasteiger partial charge in [0, 0.05) is 19.1 Å². The summed E-state index contributed by atoms with van der Waals surface area (Å²) < 4.78 is 0. The molecule has 1 aliphatic heterocycles. The molecule has 1 fully saturated rings. The van der Waals surface area contributed by atoms with Crippen LogP contribution in [0.4, 0.5) is 0 Å². The Bertz CT molecular complexity index is 349. The Kier molecular flexibility index (Phi) is 4.57. The molecular weight excluding hydrogens is 208 g/mol. The molecule has 1 aromatic carbocycles. The van der Waals surface area contributed by atoms with E-state index in [-0.39, 0.29) is 0 Å². The molecule has 17 heavy (non-hydrogen) atoms. The third-order valence-electron chi connectivity index (χ3n) is 3.83. The first-order chi connectivity index (χ1) is 8.35. The third-order valence-corrected chi connectivity index (χ3v) is 3.83. The average Bonchev–Trinajstić information content (AvgIpc) is 2.79. The van der Waals surface area contributed by atoms with Crippen molar-refractivity contribution in [2.75, 3.05) is 13.6 Å². The van der Waals surface area contributed by atoms with E-state index in [1.54, 1.807) is 0 Å². The summed E-state index contributed by atoms with van der Waals surface area (Å²) in [6.07, 6.45) is 4.03. The molecule has 1 N–H and O–H groups in total. The second-order valence-corrected chi connectivity index (χ2v) is 4.97. The SMILES string of the molecule is CCC1CCCN1Cc1ccccc1CNC. The molecule has 2 rings (SSSR count). The zero-order valence-electron chi connectivity index (χ0n) is 11.1. The van der Waals surface area contributed by atoms with Gasteiger partial charge in [-0.3, -0.25) is 4.90 Å². The van der Waals surface area contributed by atoms with Crippen LogP contribution >= 0.6 is 0 Å². The van der Waals surface area contributed by atoms with Gasteiger partial charge in [-0.25, -0.2) is 0 Å². The van der Waals surface area contributed by atoms with Crippen molar-refractivity contribution in [1.29, 1.82) is 0 Å². The van der Waals surface area contributed by atoms with Crippen LogP contribution in [-0.4, -0.2) is 24.5 Å². The summed E-state index contributed by atoms with van der Waals surface area (Å²) in [5.74, 6) is 0. The molecule has 94 valence electrons. The van der Waals surface area contributed by atoms with E-state index in [2.05, 4.69) is 41.4 Å². The maximum absolute atomic E-state index is 3.26. The van der Waals surface area contributed by atoms with Crippen molar-refractivity contribution in [2.24, 2.45) is 0 Å². The molecule has 0 aromatic heterocycles. The first kappa shape index (κ1) is 12.6. The van der Waals surface area contributed by atoms with Crippen LogP contribution in [0, 0.1) is 0 Å². The van der Waals surface area contributed by atoms with Crippen LogP contribution in [0.25, 0.3) is 0 Å². The summed E-state index contributed by atoms with van der Waals surface area (Å²) in [5, 5.41) is 3.26. The van der Waals surface area contributed by atoms with Gasteiger partial charge >= 0.3 is 0 Å². The van der Waals surface area contributed by atoms with Crippen molar-refractivity contribution >= 4 is 0 Å². The Hall–Kier alpha value is -0.860. The van der Waals surface area contributed by atoms with Crippen LogP contribution < -0.4 is 5.32 Å². The lowest BCUT2D eigenvalue weighted by atomic mass is 10.1. The molecule has 0 amide bonds. The largest absolute Gasteiger partial charge is 0.316 e. The normalized spacial score (nSPS) is 20.9. The number of hydrogen-bond acceptors (Lipinski definition) is 2. The van der Waals surface area contributed by atoms with Crippen LogP contribution in [0.1, 0.15) is 37.3 Å². The highest BCUT2D eigenvalue weighted by Gasteiger charge is 2.23. The van der Waals surface area contributed by atoms with Crippen molar-refractivity contribution in [2.45, 2.75) is 45.3 Å². The summed E-state index contributed by atoms with van der Waals surface area (Å²) in [6, 6.07) is 9.61. The van der Waals surface area contributed by atoms with Gasteiger partial charge in [0.2, 0.25) is 0 Å². The van der Waals surface area contributed by atoms with E-state index in [0.717, 1.165) is 19.1 Å². The van der Waals surface area contributed by atoms with Crippen molar-refractivity contribution in [3.63, 3.8) is 0 Å². The monoisotopic (exact) mass is 232 g/mol. The fraction of sp³-hybridized carbons (Fsp3) is 0.600. The van der Waals surface area contributed by atoms with Gasteiger partial charge in [0.15, 0.2) is 0 Å². The van der Waals surface area contributed by atoms with Crippen LogP contribution in [0.15, 0.2) is 24.3 Å². The summed E-state index contributed by atoms with van der Waals surface area (Å²) in [5.41, 5.74) is 2.93. The summed E-state index contributed by atoms with van der Waals surface area (Å²) in [4.78, 5) is 2.65. The highest BCUT2D eigenvalue weighted by Crippen LogP contribution is 2.23. The molecule has 1 atom stereocenters. The van der Waals surface area contributed by atoms with Gasteiger partial charge in [0.25, 0.3) is 0 Å². The molecular formula is C15H24N2. The highest BCUT2D eigenvalue weighted by atomic mass is 15.2. The number of nitrogens with zero attached hydrogens (tertiary/aromatic N) is 1. The van der Waals surface area contributed by atoms with E-state index in [4.69, 9.17) is 0 Å². The van der Waals surface area contributed by atoms with E-state index in [9.17, 15) is 0 Å². The van der Waals surface area contributed by atoms with Crippen LogP contribution in [-0.2, 0) is 13.1 Å². The minimum absolute atomic E-state index is 0.803. The van der Waals surface area contributed by atoms with Crippen molar-refractivity contribution in [3.05, 3.63) is 35.4 Å². The Morgan fingerprint density at radius 1 is 1.29 bits per heavy atom. The van der Waals surface area contributed by atoms with Gasteiger partial charge in [-0.2, -0.15) is 0 Å². The van der Waals surface area contributed by atoms with Crippen LogP contribution in [0.5, 0.6) is 0 Å². The van der Waals surface area contributed by atoms with E-state index < -0.39 is 0 Å². The molecule has 1 heterocycles. The van der Waals surface area contributed by atoms with Crippen LogP contribution in [0.2, 0.25) is 0 Å². The van der Waals surface area contributed by atoms with Gasteiger partial charge < -0.3 is 5.32 Å². The molecule has 0 aliphatic carbocycles. The van der Waals surface area contributed by atoms with Gasteiger partial charge in [-0.15, -0.1) is 0 Å². The zero-order valence-corrected chi connectivity index (χ0v) is 11.1. The van der Waals surface area contributed by atoms with E-state index in [1.165, 1.54) is 36.9 Å². The number of benzene rings is 1. The maximum atomic E-state index is 3.26. The minimum atomic E-state index is 0.803. The number of rotatable bonds is 5. The van der Waals surface area contributed by atoms with Gasteiger partial charge in [0.1, 0.15) is 0 Å².